The first-order chi connectivity index (χ1) is 14.0. The largest absolute Gasteiger partial charge is 0.489 e. The normalized spacial score (nSPS) is 16.0. The van der Waals surface area contributed by atoms with Crippen molar-refractivity contribution >= 4 is 17.5 Å². The molecule has 0 spiro atoms. The van der Waals surface area contributed by atoms with Crippen LogP contribution < -0.4 is 15.0 Å². The molecule has 0 bridgehead atoms. The van der Waals surface area contributed by atoms with Gasteiger partial charge in [0, 0.05) is 19.5 Å². The van der Waals surface area contributed by atoms with Gasteiger partial charge < -0.3 is 15.0 Å². The van der Waals surface area contributed by atoms with Crippen molar-refractivity contribution in [3.63, 3.8) is 0 Å². The van der Waals surface area contributed by atoms with Crippen molar-refractivity contribution in [1.82, 2.24) is 20.5 Å². The molecule has 0 saturated heterocycles. The van der Waals surface area contributed by atoms with E-state index in [1.165, 1.54) is 30.1 Å². The van der Waals surface area contributed by atoms with Gasteiger partial charge in [0.2, 0.25) is 5.82 Å². The van der Waals surface area contributed by atoms with E-state index in [4.69, 9.17) is 4.74 Å². The highest BCUT2D eigenvalue weighted by Gasteiger charge is 2.31. The first-order valence-corrected chi connectivity index (χ1v) is 8.97. The monoisotopic (exact) mass is 395 g/mol. The predicted molar refractivity (Wildman–Crippen MR) is 102 cm³/mol. The van der Waals surface area contributed by atoms with Crippen molar-refractivity contribution in [2.75, 3.05) is 18.6 Å². The van der Waals surface area contributed by atoms with Crippen LogP contribution in [0.1, 0.15) is 22.0 Å². The Morgan fingerprint density at radius 2 is 2.10 bits per heavy atom. The number of amides is 2. The summed E-state index contributed by atoms with van der Waals surface area (Å²) in [7, 11) is 1.50. The van der Waals surface area contributed by atoms with E-state index in [0.29, 0.717) is 23.7 Å². The summed E-state index contributed by atoms with van der Waals surface area (Å²) in [6.45, 7) is -0.0885. The lowest BCUT2D eigenvalue weighted by molar-refractivity contribution is -0.120. The number of aromatic nitrogens is 3. The zero-order chi connectivity index (χ0) is 20.4. The first-order valence-electron chi connectivity index (χ1n) is 8.97. The Labute approximate surface area is 165 Å². The molecule has 0 unspecified atom stereocenters. The first kappa shape index (κ1) is 18.6. The fourth-order valence-electron chi connectivity index (χ4n) is 3.06. The fourth-order valence-corrected chi connectivity index (χ4v) is 3.06. The van der Waals surface area contributed by atoms with Gasteiger partial charge in [0.25, 0.3) is 11.8 Å². The average Bonchev–Trinajstić information content (AvgIpc) is 3.16. The van der Waals surface area contributed by atoms with E-state index in [2.05, 4.69) is 20.5 Å². The lowest BCUT2D eigenvalue weighted by atomic mass is 10.1. The van der Waals surface area contributed by atoms with Crippen LogP contribution in [-0.2, 0) is 11.2 Å². The molecule has 9 heteroatoms. The van der Waals surface area contributed by atoms with Crippen molar-refractivity contribution in [1.29, 1.82) is 0 Å². The van der Waals surface area contributed by atoms with E-state index in [9.17, 15) is 14.0 Å². The van der Waals surface area contributed by atoms with Gasteiger partial charge in [-0.25, -0.2) is 9.37 Å². The van der Waals surface area contributed by atoms with Gasteiger partial charge in [-0.3, -0.25) is 14.7 Å². The topological polar surface area (TPSA) is 100 Å². The number of halogens is 1. The smallest absolute Gasteiger partial charge is 0.291 e. The number of hydrogen-bond donors (Lipinski definition) is 2. The maximum atomic E-state index is 13.5. The van der Waals surface area contributed by atoms with Gasteiger partial charge in [-0.15, -0.1) is 5.10 Å². The number of rotatable bonds is 4. The van der Waals surface area contributed by atoms with Crippen molar-refractivity contribution in [2.24, 2.45) is 0 Å². The van der Waals surface area contributed by atoms with Gasteiger partial charge in [-0.05, 0) is 17.7 Å². The standard InChI is InChI=1S/C20H18FN5O3/c1-26-15-10-13(21)7-8-16(15)29-11-14(20(26)28)22-19(27)18-23-17(24-25-18)9-12-5-3-2-4-6-12/h2-8,10,14H,9,11H2,1H3,(H,22,27)(H,23,24,25)/t14-/m0/s1. The third kappa shape index (κ3) is 3.93. The Bertz CT molecular complexity index is 1050. The number of carbonyl (C=O) groups is 2. The molecule has 0 radical (unpaired) electrons. The van der Waals surface area contributed by atoms with E-state index in [-0.39, 0.29) is 12.4 Å². The predicted octanol–water partition coefficient (Wildman–Crippen LogP) is 1.69. The second-order valence-electron chi connectivity index (χ2n) is 6.61. The van der Waals surface area contributed by atoms with E-state index < -0.39 is 23.7 Å². The molecule has 2 aromatic carbocycles. The molecule has 29 heavy (non-hydrogen) atoms. The number of H-pyrrole nitrogens is 1. The molecule has 2 N–H and O–H groups in total. The van der Waals surface area contributed by atoms with Gasteiger partial charge in [-0.2, -0.15) is 0 Å². The maximum Gasteiger partial charge on any atom is 0.291 e. The molecule has 2 amide bonds. The SMILES string of the molecule is CN1C(=O)[C@@H](NC(=O)c2n[nH]c(Cc3ccccc3)n2)COc2ccc(F)cc21. The molecule has 3 aromatic rings. The van der Waals surface area contributed by atoms with Crippen LogP contribution in [0, 0.1) is 5.82 Å². The lowest BCUT2D eigenvalue weighted by Gasteiger charge is -2.19. The van der Waals surface area contributed by atoms with Gasteiger partial charge in [0.1, 0.15) is 30.0 Å². The van der Waals surface area contributed by atoms with Gasteiger partial charge in [0.05, 0.1) is 5.69 Å². The van der Waals surface area contributed by atoms with Crippen LogP contribution in [0.15, 0.2) is 48.5 Å². The van der Waals surface area contributed by atoms with Crippen LogP contribution in [0.2, 0.25) is 0 Å². The minimum Gasteiger partial charge on any atom is -0.489 e. The summed E-state index contributed by atoms with van der Waals surface area (Å²) < 4.78 is 19.1. The van der Waals surface area contributed by atoms with Gasteiger partial charge >= 0.3 is 0 Å². The highest BCUT2D eigenvalue weighted by molar-refractivity contribution is 6.02. The molecule has 2 heterocycles. The third-order valence-electron chi connectivity index (χ3n) is 4.57. The summed E-state index contributed by atoms with van der Waals surface area (Å²) in [6.07, 6.45) is 0.496. The van der Waals surface area contributed by atoms with Crippen LogP contribution in [0.25, 0.3) is 0 Å². The molecule has 8 nitrogen and oxygen atoms in total. The molecule has 0 aliphatic carbocycles. The van der Waals surface area contributed by atoms with Crippen LogP contribution in [0.3, 0.4) is 0 Å². The van der Waals surface area contributed by atoms with Crippen LogP contribution in [0.5, 0.6) is 5.75 Å². The Kier molecular flexibility index (Phi) is 4.94. The number of carbonyl (C=O) groups excluding carboxylic acids is 2. The number of nitrogens with one attached hydrogen (secondary N) is 2. The number of aromatic amines is 1. The highest BCUT2D eigenvalue weighted by Crippen LogP contribution is 2.31. The zero-order valence-corrected chi connectivity index (χ0v) is 15.6. The minimum absolute atomic E-state index is 0.0702. The molecule has 1 aromatic heterocycles. The Morgan fingerprint density at radius 3 is 2.90 bits per heavy atom. The Balaban J connectivity index is 1.45. The second kappa shape index (κ2) is 7.70. The van der Waals surface area contributed by atoms with Crippen molar-refractivity contribution in [3.8, 4) is 5.75 Å². The fraction of sp³-hybridized carbons (Fsp3) is 0.200. The lowest BCUT2D eigenvalue weighted by Crippen LogP contribution is -2.49. The summed E-state index contributed by atoms with van der Waals surface area (Å²) in [5.74, 6) is -0.692. The highest BCUT2D eigenvalue weighted by atomic mass is 19.1. The van der Waals surface area contributed by atoms with Crippen molar-refractivity contribution in [3.05, 3.63) is 71.6 Å². The molecule has 1 aliphatic heterocycles. The van der Waals surface area contributed by atoms with E-state index >= 15 is 0 Å². The number of fused-ring (bicyclic) bond motifs is 1. The van der Waals surface area contributed by atoms with Crippen molar-refractivity contribution < 1.29 is 18.7 Å². The van der Waals surface area contributed by atoms with E-state index in [0.717, 1.165) is 5.56 Å². The van der Waals surface area contributed by atoms with E-state index in [1.807, 2.05) is 30.3 Å². The molecular weight excluding hydrogens is 377 g/mol. The maximum absolute atomic E-state index is 13.5. The quantitative estimate of drug-likeness (QED) is 0.700. The minimum atomic E-state index is -0.959. The Morgan fingerprint density at radius 1 is 1.31 bits per heavy atom. The number of ether oxygens (including phenoxy) is 1. The average molecular weight is 395 g/mol. The summed E-state index contributed by atoms with van der Waals surface area (Å²) in [5.41, 5.74) is 1.32. The number of nitrogens with zero attached hydrogens (tertiary/aromatic N) is 3. The summed E-state index contributed by atoms with van der Waals surface area (Å²) in [4.78, 5) is 30.7. The number of benzene rings is 2. The van der Waals surface area contributed by atoms with Crippen molar-refractivity contribution in [2.45, 2.75) is 12.5 Å². The number of anilines is 1. The molecule has 0 fully saturated rings. The van der Waals surface area contributed by atoms with Crippen LogP contribution in [-0.4, -0.2) is 46.7 Å². The second-order valence-corrected chi connectivity index (χ2v) is 6.61. The van der Waals surface area contributed by atoms with Crippen LogP contribution in [0.4, 0.5) is 10.1 Å². The van der Waals surface area contributed by atoms with E-state index in [1.54, 1.807) is 0 Å². The number of hydrogen-bond acceptors (Lipinski definition) is 5. The molecule has 1 atom stereocenters. The summed E-state index contributed by atoms with van der Waals surface area (Å²) >= 11 is 0. The third-order valence-corrected chi connectivity index (χ3v) is 4.57. The molecule has 1 aliphatic rings. The molecular formula is C20H18FN5O3. The molecule has 0 saturated carbocycles. The Hall–Kier alpha value is -3.75. The van der Waals surface area contributed by atoms with Gasteiger partial charge in [0.15, 0.2) is 0 Å². The summed E-state index contributed by atoms with van der Waals surface area (Å²) in [6, 6.07) is 12.6. The summed E-state index contributed by atoms with van der Waals surface area (Å²) in [5, 5.41) is 9.26. The number of likely N-dealkylation sites (N-methyl/N-ethyl adjacent to an activating group) is 1. The zero-order valence-electron chi connectivity index (χ0n) is 15.6. The van der Waals surface area contributed by atoms with Gasteiger partial charge in [-0.1, -0.05) is 30.3 Å². The van der Waals surface area contributed by atoms with Crippen LogP contribution >= 0.6 is 0 Å². The molecule has 148 valence electrons. The molecule has 4 rings (SSSR count).